The minimum Gasteiger partial charge on any atom is -0.481 e. The molecule has 2 unspecified atom stereocenters. The molecular weight excluding hydrogens is 243 g/mol. The summed E-state index contributed by atoms with van der Waals surface area (Å²) < 4.78 is 0. The maximum absolute atomic E-state index is 11.1. The van der Waals surface area contributed by atoms with E-state index in [0.717, 1.165) is 0 Å². The molecule has 0 spiro atoms. The van der Waals surface area contributed by atoms with E-state index in [1.54, 1.807) is 0 Å². The Balaban J connectivity index is 3.11. The van der Waals surface area contributed by atoms with Crippen molar-refractivity contribution in [3.05, 3.63) is 0 Å². The quantitative estimate of drug-likeness (QED) is 0.776. The normalized spacial score (nSPS) is 39.3. The second-order valence-corrected chi connectivity index (χ2v) is 5.02. The maximum atomic E-state index is 11.1. The first-order valence-electron chi connectivity index (χ1n) is 4.29. The number of aliphatic carboxylic acids is 1. The Kier molecular flexibility index (Phi) is 2.87. The Morgan fingerprint density at radius 3 is 1.67 bits per heavy atom. The molecule has 15 heavy (non-hydrogen) atoms. The molecule has 0 heterocycles. The number of hydrogen-bond donors (Lipinski definition) is 1. The summed E-state index contributed by atoms with van der Waals surface area (Å²) in [6.07, 6.45) is 0.0711. The summed E-state index contributed by atoms with van der Waals surface area (Å²) >= 11 is 10.7. The minimum atomic E-state index is -1.23. The smallest absolute Gasteiger partial charge is 0.308 e. The first-order valence-corrected chi connectivity index (χ1v) is 5.04. The van der Waals surface area contributed by atoms with Gasteiger partial charge in [0.25, 0.3) is 0 Å². The third kappa shape index (κ3) is 1.56. The summed E-state index contributed by atoms with van der Waals surface area (Å²) in [6.45, 7) is 2.87. The van der Waals surface area contributed by atoms with Crippen molar-refractivity contribution < 1.29 is 19.5 Å². The number of carboxylic acid groups (broad SMARTS) is 1. The molecule has 0 aliphatic heterocycles. The minimum absolute atomic E-state index is 0.0711. The summed E-state index contributed by atoms with van der Waals surface area (Å²) in [6, 6.07) is 0. The van der Waals surface area contributed by atoms with Crippen LogP contribution in [0, 0.1) is 16.7 Å². The predicted molar refractivity (Wildman–Crippen MR) is 53.7 cm³/mol. The van der Waals surface area contributed by atoms with E-state index in [4.69, 9.17) is 28.3 Å². The molecule has 0 bridgehead atoms. The van der Waals surface area contributed by atoms with Gasteiger partial charge in [0.2, 0.25) is 10.5 Å². The molecule has 1 aliphatic rings. The first-order chi connectivity index (χ1) is 6.66. The Labute approximate surface area is 96.5 Å². The highest BCUT2D eigenvalue weighted by Gasteiger charge is 2.68. The van der Waals surface area contributed by atoms with Gasteiger partial charge < -0.3 is 5.11 Å². The molecule has 0 radical (unpaired) electrons. The molecule has 0 amide bonds. The lowest BCUT2D eigenvalue weighted by atomic mass is 9.47. The van der Waals surface area contributed by atoms with Gasteiger partial charge in [0.15, 0.2) is 0 Å². The summed E-state index contributed by atoms with van der Waals surface area (Å²) in [5.41, 5.74) is -2.40. The Morgan fingerprint density at radius 2 is 1.47 bits per heavy atom. The van der Waals surface area contributed by atoms with Gasteiger partial charge in [0.05, 0.1) is 16.7 Å². The van der Waals surface area contributed by atoms with Crippen molar-refractivity contribution in [3.63, 3.8) is 0 Å². The lowest BCUT2D eigenvalue weighted by molar-refractivity contribution is -0.180. The van der Waals surface area contributed by atoms with E-state index in [0.29, 0.717) is 0 Å². The predicted octanol–water partition coefficient (Wildman–Crippen LogP) is 1.63. The van der Waals surface area contributed by atoms with Gasteiger partial charge in [-0.1, -0.05) is 13.8 Å². The topological polar surface area (TPSA) is 71.4 Å². The van der Waals surface area contributed by atoms with Crippen LogP contribution in [0.4, 0.5) is 0 Å². The summed E-state index contributed by atoms with van der Waals surface area (Å²) in [5, 5.41) is 7.49. The van der Waals surface area contributed by atoms with Crippen LogP contribution < -0.4 is 0 Å². The van der Waals surface area contributed by atoms with Crippen molar-refractivity contribution in [2.24, 2.45) is 16.7 Å². The van der Waals surface area contributed by atoms with E-state index < -0.39 is 33.2 Å². The van der Waals surface area contributed by atoms with Gasteiger partial charge in [-0.2, -0.15) is 0 Å². The highest BCUT2D eigenvalue weighted by molar-refractivity contribution is 6.67. The monoisotopic (exact) mass is 252 g/mol. The van der Waals surface area contributed by atoms with E-state index in [1.807, 2.05) is 0 Å². The number of halogens is 2. The van der Waals surface area contributed by atoms with Gasteiger partial charge in [-0.3, -0.25) is 14.4 Å². The molecule has 84 valence electrons. The van der Waals surface area contributed by atoms with Gasteiger partial charge in [0, 0.05) is 0 Å². The number of carbonyl (C=O) groups is 3. The van der Waals surface area contributed by atoms with Crippen LogP contribution in [0.5, 0.6) is 0 Å². The average Bonchev–Trinajstić information content (AvgIpc) is 2.00. The van der Waals surface area contributed by atoms with Crippen LogP contribution in [-0.4, -0.2) is 21.6 Å². The Hall–Kier alpha value is -0.610. The molecule has 2 atom stereocenters. The van der Waals surface area contributed by atoms with E-state index in [-0.39, 0.29) is 6.42 Å². The highest BCUT2D eigenvalue weighted by atomic mass is 35.5. The molecule has 0 aromatic heterocycles. The molecule has 1 fully saturated rings. The standard InChI is InChI=1S/C9H10Cl2O4/c1-8(6(10)14)3-9(2,7(11)15)4(8)5(12)13/h4H,3H2,1-2H3,(H,12,13). The molecule has 4 nitrogen and oxygen atoms in total. The van der Waals surface area contributed by atoms with Crippen molar-refractivity contribution in [1.29, 1.82) is 0 Å². The van der Waals surface area contributed by atoms with E-state index >= 15 is 0 Å². The largest absolute Gasteiger partial charge is 0.481 e. The van der Waals surface area contributed by atoms with Gasteiger partial charge in [-0.25, -0.2) is 0 Å². The second kappa shape index (κ2) is 3.46. The van der Waals surface area contributed by atoms with E-state index in [1.165, 1.54) is 13.8 Å². The van der Waals surface area contributed by atoms with E-state index in [2.05, 4.69) is 0 Å². The van der Waals surface area contributed by atoms with Gasteiger partial charge >= 0.3 is 5.97 Å². The third-order valence-corrected chi connectivity index (χ3v) is 4.02. The molecule has 0 saturated heterocycles. The number of carboxylic acids is 1. The zero-order chi connectivity index (χ0) is 12.0. The number of hydrogen-bond acceptors (Lipinski definition) is 3. The first kappa shape index (κ1) is 12.5. The SMILES string of the molecule is CC1(C(=O)Cl)CC(C)(C(=O)Cl)C1C(=O)O. The highest BCUT2D eigenvalue weighted by Crippen LogP contribution is 2.61. The molecule has 1 rings (SSSR count). The maximum Gasteiger partial charge on any atom is 0.308 e. The zero-order valence-electron chi connectivity index (χ0n) is 8.21. The lowest BCUT2D eigenvalue weighted by Gasteiger charge is -2.54. The van der Waals surface area contributed by atoms with Gasteiger partial charge in [0.1, 0.15) is 0 Å². The van der Waals surface area contributed by atoms with Crippen molar-refractivity contribution in [3.8, 4) is 0 Å². The van der Waals surface area contributed by atoms with Crippen LogP contribution in [0.25, 0.3) is 0 Å². The number of carbonyl (C=O) groups excluding carboxylic acids is 2. The summed E-state index contributed by atoms with van der Waals surface area (Å²) in [4.78, 5) is 33.2. The molecule has 1 saturated carbocycles. The second-order valence-electron chi connectivity index (χ2n) is 4.33. The summed E-state index contributed by atoms with van der Waals surface area (Å²) in [7, 11) is 0. The fourth-order valence-electron chi connectivity index (χ4n) is 2.45. The molecule has 0 aromatic carbocycles. The van der Waals surface area contributed by atoms with Crippen molar-refractivity contribution >= 4 is 39.7 Å². The van der Waals surface area contributed by atoms with Crippen molar-refractivity contribution in [1.82, 2.24) is 0 Å². The third-order valence-electron chi connectivity index (χ3n) is 3.15. The zero-order valence-corrected chi connectivity index (χ0v) is 9.72. The van der Waals surface area contributed by atoms with Gasteiger partial charge in [-0.05, 0) is 29.6 Å². The molecule has 6 heteroatoms. The summed E-state index contributed by atoms with van der Waals surface area (Å²) in [5.74, 6) is -2.38. The Bertz CT molecular complexity index is 328. The molecular formula is C9H10Cl2O4. The van der Waals surface area contributed by atoms with Crippen molar-refractivity contribution in [2.45, 2.75) is 20.3 Å². The lowest BCUT2D eigenvalue weighted by Crippen LogP contribution is -2.62. The van der Waals surface area contributed by atoms with Crippen LogP contribution in [0.1, 0.15) is 20.3 Å². The number of rotatable bonds is 3. The fraction of sp³-hybridized carbons (Fsp3) is 0.667. The van der Waals surface area contributed by atoms with E-state index in [9.17, 15) is 14.4 Å². The van der Waals surface area contributed by atoms with Gasteiger partial charge in [-0.15, -0.1) is 0 Å². The average molecular weight is 253 g/mol. The fourth-order valence-corrected chi connectivity index (χ4v) is 2.80. The van der Waals surface area contributed by atoms with Crippen LogP contribution in [0.2, 0.25) is 0 Å². The van der Waals surface area contributed by atoms with Crippen LogP contribution in [0.15, 0.2) is 0 Å². The van der Waals surface area contributed by atoms with Crippen LogP contribution in [0.3, 0.4) is 0 Å². The van der Waals surface area contributed by atoms with Crippen LogP contribution >= 0.6 is 23.2 Å². The molecule has 1 N–H and O–H groups in total. The molecule has 0 aromatic rings. The Morgan fingerprint density at radius 1 is 1.13 bits per heavy atom. The van der Waals surface area contributed by atoms with Crippen molar-refractivity contribution in [2.75, 3.05) is 0 Å². The van der Waals surface area contributed by atoms with Crippen LogP contribution in [-0.2, 0) is 14.4 Å². The molecule has 1 aliphatic carbocycles.